The molecule has 0 saturated carbocycles. The third kappa shape index (κ3) is 3.80. The van der Waals surface area contributed by atoms with Gasteiger partial charge in [0.25, 0.3) is 0 Å². The van der Waals surface area contributed by atoms with E-state index >= 15 is 0 Å². The standard InChI is InChI=1S/C22H30N2O5/c1-27-18-13-16-6-12-29-22(17(16)14-19(18)28-2)7-10-23(11-8-22)21(26)15-24-9-4-3-5-20(24)25/h13-14H,3-12,15H2,1-2H3. The van der Waals surface area contributed by atoms with Crippen LogP contribution in [0.25, 0.3) is 0 Å². The lowest BCUT2D eigenvalue weighted by atomic mass is 9.79. The van der Waals surface area contributed by atoms with Crippen molar-refractivity contribution in [2.24, 2.45) is 0 Å². The SMILES string of the molecule is COc1cc2c(cc1OC)C1(CCN(C(=O)CN3CCCCC3=O)CC1)OCC2. The number of hydrogen-bond acceptors (Lipinski definition) is 5. The molecular formula is C22H30N2O5. The van der Waals surface area contributed by atoms with Gasteiger partial charge < -0.3 is 24.0 Å². The maximum absolute atomic E-state index is 12.8. The van der Waals surface area contributed by atoms with Crippen LogP contribution in [0.2, 0.25) is 0 Å². The number of amides is 2. The van der Waals surface area contributed by atoms with Gasteiger partial charge in [-0.2, -0.15) is 0 Å². The number of fused-ring (bicyclic) bond motifs is 2. The van der Waals surface area contributed by atoms with Crippen LogP contribution in [0.15, 0.2) is 12.1 Å². The molecule has 29 heavy (non-hydrogen) atoms. The Morgan fingerprint density at radius 3 is 2.48 bits per heavy atom. The number of piperidine rings is 2. The Morgan fingerprint density at radius 2 is 1.79 bits per heavy atom. The predicted molar refractivity (Wildman–Crippen MR) is 107 cm³/mol. The van der Waals surface area contributed by atoms with Gasteiger partial charge in [0.05, 0.1) is 33.0 Å². The molecule has 0 bridgehead atoms. The van der Waals surface area contributed by atoms with Crippen molar-refractivity contribution in [2.75, 3.05) is 47.0 Å². The van der Waals surface area contributed by atoms with Crippen LogP contribution in [0.1, 0.15) is 43.2 Å². The number of rotatable bonds is 4. The molecule has 158 valence electrons. The van der Waals surface area contributed by atoms with Gasteiger partial charge in [0.1, 0.15) is 0 Å². The quantitative estimate of drug-likeness (QED) is 0.772. The van der Waals surface area contributed by atoms with Crippen LogP contribution >= 0.6 is 0 Å². The molecule has 3 aliphatic rings. The molecule has 1 aromatic rings. The number of hydrogen-bond donors (Lipinski definition) is 0. The average Bonchev–Trinajstić information content (AvgIpc) is 2.75. The number of likely N-dealkylation sites (tertiary alicyclic amines) is 2. The lowest BCUT2D eigenvalue weighted by molar-refractivity contribution is -0.147. The van der Waals surface area contributed by atoms with Gasteiger partial charge in [0.15, 0.2) is 11.5 Å². The van der Waals surface area contributed by atoms with Gasteiger partial charge in [-0.3, -0.25) is 9.59 Å². The van der Waals surface area contributed by atoms with Gasteiger partial charge in [0, 0.05) is 26.1 Å². The molecule has 2 saturated heterocycles. The molecule has 0 unspecified atom stereocenters. The van der Waals surface area contributed by atoms with Crippen LogP contribution in [0, 0.1) is 0 Å². The van der Waals surface area contributed by atoms with E-state index in [2.05, 4.69) is 6.07 Å². The minimum absolute atomic E-state index is 0.0402. The predicted octanol–water partition coefficient (Wildman–Crippen LogP) is 2.11. The lowest BCUT2D eigenvalue weighted by Crippen LogP contribution is -2.51. The molecule has 0 atom stereocenters. The first-order valence-electron chi connectivity index (χ1n) is 10.5. The van der Waals surface area contributed by atoms with E-state index in [1.807, 2.05) is 11.0 Å². The molecule has 1 aromatic carbocycles. The molecule has 7 nitrogen and oxygen atoms in total. The Bertz CT molecular complexity index is 786. The molecule has 1 spiro atoms. The van der Waals surface area contributed by atoms with E-state index in [1.54, 1.807) is 19.1 Å². The lowest BCUT2D eigenvalue weighted by Gasteiger charge is -2.45. The monoisotopic (exact) mass is 402 g/mol. The van der Waals surface area contributed by atoms with E-state index in [0.29, 0.717) is 38.4 Å². The average molecular weight is 402 g/mol. The molecule has 0 aliphatic carbocycles. The van der Waals surface area contributed by atoms with E-state index < -0.39 is 0 Å². The largest absolute Gasteiger partial charge is 0.493 e. The van der Waals surface area contributed by atoms with E-state index in [9.17, 15) is 9.59 Å². The van der Waals surface area contributed by atoms with Crippen molar-refractivity contribution in [3.05, 3.63) is 23.3 Å². The minimum Gasteiger partial charge on any atom is -0.493 e. The van der Waals surface area contributed by atoms with Crippen molar-refractivity contribution in [2.45, 2.75) is 44.1 Å². The van der Waals surface area contributed by atoms with Gasteiger partial charge in [-0.15, -0.1) is 0 Å². The Hall–Kier alpha value is -2.28. The maximum Gasteiger partial charge on any atom is 0.242 e. The third-order valence-corrected chi connectivity index (χ3v) is 6.52. The van der Waals surface area contributed by atoms with Gasteiger partial charge in [-0.05, 0) is 55.4 Å². The van der Waals surface area contributed by atoms with E-state index in [0.717, 1.165) is 43.4 Å². The zero-order valence-corrected chi connectivity index (χ0v) is 17.4. The summed E-state index contributed by atoms with van der Waals surface area (Å²) < 4.78 is 17.3. The summed E-state index contributed by atoms with van der Waals surface area (Å²) in [7, 11) is 3.29. The number of nitrogens with zero attached hydrogens (tertiary/aromatic N) is 2. The molecule has 3 heterocycles. The summed E-state index contributed by atoms with van der Waals surface area (Å²) in [5.41, 5.74) is 2.00. The van der Waals surface area contributed by atoms with Crippen LogP contribution < -0.4 is 9.47 Å². The fourth-order valence-corrected chi connectivity index (χ4v) is 4.81. The van der Waals surface area contributed by atoms with Crippen molar-refractivity contribution in [1.82, 2.24) is 9.80 Å². The molecule has 3 aliphatic heterocycles. The summed E-state index contributed by atoms with van der Waals surface area (Å²) in [5, 5.41) is 0. The molecule has 0 aromatic heterocycles. The Kier molecular flexibility index (Phi) is 5.67. The van der Waals surface area contributed by atoms with Gasteiger partial charge in [-0.25, -0.2) is 0 Å². The molecule has 2 amide bonds. The van der Waals surface area contributed by atoms with Gasteiger partial charge in [-0.1, -0.05) is 0 Å². The molecule has 2 fully saturated rings. The van der Waals surface area contributed by atoms with Crippen LogP contribution in [0.3, 0.4) is 0 Å². The molecular weight excluding hydrogens is 372 g/mol. The molecule has 7 heteroatoms. The summed E-state index contributed by atoms with van der Waals surface area (Å²) in [6, 6.07) is 4.09. The van der Waals surface area contributed by atoms with E-state index in [-0.39, 0.29) is 24.0 Å². The van der Waals surface area contributed by atoms with E-state index in [1.165, 1.54) is 5.56 Å². The van der Waals surface area contributed by atoms with Crippen molar-refractivity contribution < 1.29 is 23.8 Å². The van der Waals surface area contributed by atoms with E-state index in [4.69, 9.17) is 14.2 Å². The minimum atomic E-state index is -0.384. The second-order valence-corrected chi connectivity index (χ2v) is 8.11. The number of carbonyl (C=O) groups is 2. The second-order valence-electron chi connectivity index (χ2n) is 8.11. The van der Waals surface area contributed by atoms with Crippen molar-refractivity contribution in [1.29, 1.82) is 0 Å². The first-order valence-corrected chi connectivity index (χ1v) is 10.5. The Labute approximate surface area is 171 Å². The summed E-state index contributed by atoms with van der Waals surface area (Å²) in [4.78, 5) is 28.4. The second kappa shape index (κ2) is 8.22. The van der Waals surface area contributed by atoms with Crippen molar-refractivity contribution >= 4 is 11.8 Å². The Morgan fingerprint density at radius 1 is 1.07 bits per heavy atom. The summed E-state index contributed by atoms with van der Waals surface area (Å²) in [6.45, 7) is 2.83. The zero-order valence-electron chi connectivity index (χ0n) is 17.4. The van der Waals surface area contributed by atoms with Crippen LogP contribution in [-0.2, 0) is 26.3 Å². The number of ether oxygens (including phenoxy) is 3. The maximum atomic E-state index is 12.8. The zero-order chi connectivity index (χ0) is 20.4. The van der Waals surface area contributed by atoms with Crippen LogP contribution in [0.4, 0.5) is 0 Å². The number of carbonyl (C=O) groups excluding carboxylic acids is 2. The topological polar surface area (TPSA) is 68.3 Å². The van der Waals surface area contributed by atoms with Crippen LogP contribution in [0.5, 0.6) is 11.5 Å². The summed E-state index contributed by atoms with van der Waals surface area (Å²) in [6.07, 6.45) is 4.81. The first kappa shape index (κ1) is 20.0. The number of benzene rings is 1. The fourth-order valence-electron chi connectivity index (χ4n) is 4.81. The summed E-state index contributed by atoms with van der Waals surface area (Å²) >= 11 is 0. The Balaban J connectivity index is 1.46. The fraction of sp³-hybridized carbons (Fsp3) is 0.636. The van der Waals surface area contributed by atoms with Crippen LogP contribution in [-0.4, -0.2) is 68.6 Å². The first-order chi connectivity index (χ1) is 14.1. The highest BCUT2D eigenvalue weighted by molar-refractivity contribution is 5.85. The van der Waals surface area contributed by atoms with Gasteiger partial charge >= 0.3 is 0 Å². The highest BCUT2D eigenvalue weighted by Crippen LogP contribution is 2.45. The molecule has 4 rings (SSSR count). The third-order valence-electron chi connectivity index (χ3n) is 6.52. The van der Waals surface area contributed by atoms with Crippen molar-refractivity contribution in [3.63, 3.8) is 0 Å². The van der Waals surface area contributed by atoms with Gasteiger partial charge in [0.2, 0.25) is 11.8 Å². The summed E-state index contributed by atoms with van der Waals surface area (Å²) in [5.74, 6) is 1.59. The number of methoxy groups -OCH3 is 2. The smallest absolute Gasteiger partial charge is 0.242 e. The van der Waals surface area contributed by atoms with Crippen molar-refractivity contribution in [3.8, 4) is 11.5 Å². The normalized spacial score (nSPS) is 21.1. The highest BCUT2D eigenvalue weighted by atomic mass is 16.5. The highest BCUT2D eigenvalue weighted by Gasteiger charge is 2.42. The molecule has 0 N–H and O–H groups in total. The molecule has 0 radical (unpaired) electrons.